The Morgan fingerprint density at radius 3 is 2.75 bits per heavy atom. The van der Waals surface area contributed by atoms with Crippen molar-refractivity contribution in [3.63, 3.8) is 0 Å². The van der Waals surface area contributed by atoms with E-state index in [1.807, 2.05) is 13.0 Å². The van der Waals surface area contributed by atoms with Crippen molar-refractivity contribution < 1.29 is 9.47 Å². The van der Waals surface area contributed by atoms with E-state index in [2.05, 4.69) is 12.1 Å². The van der Waals surface area contributed by atoms with Crippen molar-refractivity contribution in [1.29, 1.82) is 0 Å². The van der Waals surface area contributed by atoms with Crippen LogP contribution < -0.4 is 5.73 Å². The first-order chi connectivity index (χ1) is 7.74. The van der Waals surface area contributed by atoms with Gasteiger partial charge in [0.2, 0.25) is 0 Å². The third-order valence-electron chi connectivity index (χ3n) is 2.08. The molecule has 0 spiro atoms. The summed E-state index contributed by atoms with van der Waals surface area (Å²) in [5, 5.41) is 0. The smallest absolute Gasteiger partial charge is 0.0700 e. The molecule has 0 aliphatic rings. The van der Waals surface area contributed by atoms with Gasteiger partial charge in [0.15, 0.2) is 0 Å². The molecule has 1 aromatic carbocycles. The first-order valence-corrected chi connectivity index (χ1v) is 6.28. The molecule has 0 amide bonds. The van der Waals surface area contributed by atoms with E-state index < -0.39 is 0 Å². The minimum absolute atomic E-state index is 0.650. The summed E-state index contributed by atoms with van der Waals surface area (Å²) in [4.78, 5) is 1.13. The van der Waals surface area contributed by atoms with Gasteiger partial charge in [-0.25, -0.2) is 0 Å². The number of nitrogens with two attached hydrogens (primary N) is 1. The van der Waals surface area contributed by atoms with Crippen LogP contribution in [0.15, 0.2) is 23.1 Å². The van der Waals surface area contributed by atoms with Crippen molar-refractivity contribution in [3.05, 3.63) is 23.8 Å². The van der Waals surface area contributed by atoms with Crippen molar-refractivity contribution >= 4 is 17.4 Å². The van der Waals surface area contributed by atoms with E-state index in [0.29, 0.717) is 13.2 Å². The summed E-state index contributed by atoms with van der Waals surface area (Å²) in [5.74, 6) is 0.914. The van der Waals surface area contributed by atoms with Crippen molar-refractivity contribution in [2.24, 2.45) is 0 Å². The van der Waals surface area contributed by atoms with Gasteiger partial charge in [0.1, 0.15) is 0 Å². The van der Waals surface area contributed by atoms with Crippen molar-refractivity contribution in [2.45, 2.75) is 11.8 Å². The predicted molar refractivity (Wildman–Crippen MR) is 69.0 cm³/mol. The maximum Gasteiger partial charge on any atom is 0.0700 e. The molecule has 0 aromatic heterocycles. The van der Waals surface area contributed by atoms with Crippen LogP contribution in [0.25, 0.3) is 0 Å². The minimum atomic E-state index is 0.650. The van der Waals surface area contributed by atoms with E-state index in [4.69, 9.17) is 15.2 Å². The van der Waals surface area contributed by atoms with Gasteiger partial charge >= 0.3 is 0 Å². The average Bonchev–Trinajstić information content (AvgIpc) is 2.26. The Labute approximate surface area is 101 Å². The number of thioether (sulfide) groups is 1. The van der Waals surface area contributed by atoms with Gasteiger partial charge in [0.25, 0.3) is 0 Å². The first-order valence-electron chi connectivity index (χ1n) is 5.29. The largest absolute Gasteiger partial charge is 0.398 e. The van der Waals surface area contributed by atoms with Gasteiger partial charge in [0.05, 0.1) is 19.8 Å². The topological polar surface area (TPSA) is 44.5 Å². The van der Waals surface area contributed by atoms with Crippen LogP contribution in [0.5, 0.6) is 0 Å². The van der Waals surface area contributed by atoms with Crippen LogP contribution in [0.2, 0.25) is 0 Å². The maximum atomic E-state index is 5.90. The number of anilines is 1. The first kappa shape index (κ1) is 13.4. The van der Waals surface area contributed by atoms with Gasteiger partial charge < -0.3 is 15.2 Å². The Bertz CT molecular complexity index is 318. The number of nitrogen functional groups attached to an aromatic ring is 1. The molecule has 0 fully saturated rings. The van der Waals surface area contributed by atoms with Gasteiger partial charge in [-0.2, -0.15) is 0 Å². The molecule has 0 aliphatic heterocycles. The molecule has 16 heavy (non-hydrogen) atoms. The van der Waals surface area contributed by atoms with E-state index in [9.17, 15) is 0 Å². The fraction of sp³-hybridized carbons (Fsp3) is 0.500. The molecule has 2 N–H and O–H groups in total. The number of aryl methyl sites for hydroxylation is 1. The standard InChI is InChI=1S/C12H19NO2S/c1-10-3-4-12(11(13)9-10)16-8-7-15-6-5-14-2/h3-4,9H,5-8,13H2,1-2H3. The lowest BCUT2D eigenvalue weighted by molar-refractivity contribution is 0.0790. The van der Waals surface area contributed by atoms with Gasteiger partial charge in [-0.3, -0.25) is 0 Å². The second-order valence-electron chi connectivity index (χ2n) is 3.49. The van der Waals surface area contributed by atoms with Crippen LogP contribution in [-0.4, -0.2) is 32.7 Å². The Hall–Kier alpha value is -0.710. The summed E-state index contributed by atoms with van der Waals surface area (Å²) in [5.41, 5.74) is 7.94. The predicted octanol–water partition coefficient (Wildman–Crippen LogP) is 2.33. The Morgan fingerprint density at radius 2 is 2.06 bits per heavy atom. The molecular formula is C12H19NO2S. The fourth-order valence-electron chi connectivity index (χ4n) is 1.25. The van der Waals surface area contributed by atoms with Crippen LogP contribution in [0.1, 0.15) is 5.56 Å². The molecule has 0 radical (unpaired) electrons. The molecule has 90 valence electrons. The number of benzene rings is 1. The third-order valence-corrected chi connectivity index (χ3v) is 3.14. The van der Waals surface area contributed by atoms with Gasteiger partial charge in [-0.15, -0.1) is 11.8 Å². The number of ether oxygens (including phenoxy) is 2. The summed E-state index contributed by atoms with van der Waals surface area (Å²) in [6, 6.07) is 6.13. The third kappa shape index (κ3) is 4.88. The maximum absolute atomic E-state index is 5.90. The number of hydrogen-bond acceptors (Lipinski definition) is 4. The zero-order valence-electron chi connectivity index (χ0n) is 9.86. The van der Waals surface area contributed by atoms with E-state index in [1.54, 1.807) is 18.9 Å². The molecule has 0 unspecified atom stereocenters. The monoisotopic (exact) mass is 241 g/mol. The summed E-state index contributed by atoms with van der Waals surface area (Å²) in [6.07, 6.45) is 0. The Kier molecular flexibility index (Phi) is 6.30. The normalized spacial score (nSPS) is 10.6. The van der Waals surface area contributed by atoms with Gasteiger partial charge in [0, 0.05) is 23.4 Å². The number of rotatable bonds is 7. The molecule has 0 bridgehead atoms. The highest BCUT2D eigenvalue weighted by atomic mass is 32.2. The van der Waals surface area contributed by atoms with Crippen molar-refractivity contribution in [1.82, 2.24) is 0 Å². The summed E-state index contributed by atoms with van der Waals surface area (Å²) >= 11 is 1.72. The Morgan fingerprint density at radius 1 is 1.25 bits per heavy atom. The van der Waals surface area contributed by atoms with Crippen LogP contribution in [0.3, 0.4) is 0 Å². The summed E-state index contributed by atoms with van der Waals surface area (Å²) < 4.78 is 10.3. The van der Waals surface area contributed by atoms with Crippen LogP contribution in [-0.2, 0) is 9.47 Å². The molecule has 0 aliphatic carbocycles. The SMILES string of the molecule is COCCOCCSc1ccc(C)cc1N. The molecule has 4 heteroatoms. The zero-order valence-corrected chi connectivity index (χ0v) is 10.7. The Balaban J connectivity index is 2.21. The molecule has 3 nitrogen and oxygen atoms in total. The van der Waals surface area contributed by atoms with Crippen LogP contribution in [0, 0.1) is 6.92 Å². The van der Waals surface area contributed by atoms with E-state index in [-0.39, 0.29) is 0 Å². The van der Waals surface area contributed by atoms with Gasteiger partial charge in [-0.1, -0.05) is 6.07 Å². The molecular weight excluding hydrogens is 222 g/mol. The molecule has 0 saturated carbocycles. The highest BCUT2D eigenvalue weighted by Crippen LogP contribution is 2.25. The van der Waals surface area contributed by atoms with E-state index in [1.165, 1.54) is 5.56 Å². The number of hydrogen-bond donors (Lipinski definition) is 1. The summed E-state index contributed by atoms with van der Waals surface area (Å²) in [6.45, 7) is 4.07. The lowest BCUT2D eigenvalue weighted by Crippen LogP contribution is -2.04. The van der Waals surface area contributed by atoms with Crippen molar-refractivity contribution in [2.75, 3.05) is 38.4 Å². The van der Waals surface area contributed by atoms with Crippen molar-refractivity contribution in [3.8, 4) is 0 Å². The second-order valence-corrected chi connectivity index (χ2v) is 4.63. The lowest BCUT2D eigenvalue weighted by Gasteiger charge is -2.06. The molecule has 0 heterocycles. The number of methoxy groups -OCH3 is 1. The van der Waals surface area contributed by atoms with Gasteiger partial charge in [-0.05, 0) is 24.6 Å². The molecule has 0 saturated heterocycles. The fourth-order valence-corrected chi connectivity index (χ4v) is 2.07. The highest BCUT2D eigenvalue weighted by molar-refractivity contribution is 7.99. The second kappa shape index (κ2) is 7.54. The minimum Gasteiger partial charge on any atom is -0.398 e. The quantitative estimate of drug-likeness (QED) is 0.452. The molecule has 1 rings (SSSR count). The molecule has 1 aromatic rings. The zero-order chi connectivity index (χ0) is 11.8. The average molecular weight is 241 g/mol. The van der Waals surface area contributed by atoms with Crippen LogP contribution >= 0.6 is 11.8 Å². The molecule has 0 atom stereocenters. The lowest BCUT2D eigenvalue weighted by atomic mass is 10.2. The summed E-state index contributed by atoms with van der Waals surface area (Å²) in [7, 11) is 1.67. The van der Waals surface area contributed by atoms with E-state index in [0.717, 1.165) is 22.9 Å². The highest BCUT2D eigenvalue weighted by Gasteiger charge is 1.99. The van der Waals surface area contributed by atoms with E-state index >= 15 is 0 Å². The van der Waals surface area contributed by atoms with Crippen LogP contribution in [0.4, 0.5) is 5.69 Å².